The molecule has 0 aliphatic carbocycles. The van der Waals surface area contributed by atoms with Crippen LogP contribution < -0.4 is 0 Å². The van der Waals surface area contributed by atoms with Crippen LogP contribution in [0.2, 0.25) is 0 Å². The number of alkyl halides is 1. The van der Waals surface area contributed by atoms with Crippen molar-refractivity contribution < 1.29 is 14.0 Å². The van der Waals surface area contributed by atoms with E-state index in [1.807, 2.05) is 0 Å². The van der Waals surface area contributed by atoms with Gasteiger partial charge >= 0.3 is 5.97 Å². The van der Waals surface area contributed by atoms with E-state index in [4.69, 9.17) is 4.74 Å². The molecule has 1 aromatic carbocycles. The average molecular weight is 395 g/mol. The number of piperidine rings is 3. The third kappa shape index (κ3) is 4.60. The first-order valence-electron chi connectivity index (χ1n) is 9.35. The summed E-state index contributed by atoms with van der Waals surface area (Å²) in [7, 11) is 0. The second-order valence-corrected chi connectivity index (χ2v) is 8.27. The van der Waals surface area contributed by atoms with E-state index in [0.717, 1.165) is 42.2 Å². The number of nitrogens with zero attached hydrogens (tertiary/aromatic N) is 1. The number of carbonyl (C=O) groups is 1. The lowest BCUT2D eigenvalue weighted by Gasteiger charge is -2.52. The van der Waals surface area contributed by atoms with Crippen LogP contribution in [0.15, 0.2) is 30.3 Å². The Bertz CT molecular complexity index is 526. The molecule has 24 heavy (non-hydrogen) atoms. The number of quaternary nitrogens is 1. The van der Waals surface area contributed by atoms with Gasteiger partial charge in [0.05, 0.1) is 13.1 Å². The second kappa shape index (κ2) is 8.48. The van der Waals surface area contributed by atoms with E-state index in [1.54, 1.807) is 0 Å². The number of benzene rings is 1. The van der Waals surface area contributed by atoms with Crippen molar-refractivity contribution in [1.29, 1.82) is 0 Å². The zero-order valence-electron chi connectivity index (χ0n) is 14.5. The fourth-order valence-corrected chi connectivity index (χ4v) is 4.71. The number of rotatable bonds is 8. The smallest absolute Gasteiger partial charge is 0.306 e. The Kier molecular flexibility index (Phi) is 6.34. The van der Waals surface area contributed by atoms with Crippen molar-refractivity contribution in [3.63, 3.8) is 0 Å². The van der Waals surface area contributed by atoms with Crippen molar-refractivity contribution in [1.82, 2.24) is 0 Å². The van der Waals surface area contributed by atoms with Crippen molar-refractivity contribution in [2.45, 2.75) is 51.2 Å². The molecule has 2 bridgehead atoms. The van der Waals surface area contributed by atoms with Gasteiger partial charge in [-0.25, -0.2) is 0 Å². The van der Waals surface area contributed by atoms with Crippen LogP contribution in [0.5, 0.6) is 0 Å². The molecule has 4 heteroatoms. The molecule has 1 aromatic rings. The van der Waals surface area contributed by atoms with Gasteiger partial charge in [0.1, 0.15) is 13.1 Å². The number of hydrogen-bond donors (Lipinski definition) is 0. The third-order valence-corrected chi connectivity index (χ3v) is 6.26. The van der Waals surface area contributed by atoms with Crippen molar-refractivity contribution in [2.24, 2.45) is 5.92 Å². The molecule has 132 valence electrons. The molecule has 3 aliphatic rings. The topological polar surface area (TPSA) is 26.3 Å². The normalized spacial score (nSPS) is 28.7. The predicted molar refractivity (Wildman–Crippen MR) is 99.9 cm³/mol. The minimum atomic E-state index is 0.0150. The molecular weight excluding hydrogens is 366 g/mol. The van der Waals surface area contributed by atoms with Crippen LogP contribution >= 0.6 is 15.9 Å². The lowest BCUT2D eigenvalue weighted by atomic mass is 9.83. The standard InChI is InChI=1S/C20H29BrNO2/c21-12-6-2-5-9-20(23)24-19-16-22(13-10-18(19)11-14-22)15-17-7-3-1-4-8-17/h1,3-4,7-8,18-19H,2,5-6,9-16H2/q+1. The summed E-state index contributed by atoms with van der Waals surface area (Å²) in [5.41, 5.74) is 1.40. The van der Waals surface area contributed by atoms with Gasteiger partial charge < -0.3 is 9.22 Å². The maximum atomic E-state index is 12.2. The first-order chi connectivity index (χ1) is 11.7. The van der Waals surface area contributed by atoms with Crippen molar-refractivity contribution in [3.05, 3.63) is 35.9 Å². The minimum Gasteiger partial charge on any atom is -0.456 e. The Hall–Kier alpha value is -0.870. The lowest BCUT2D eigenvalue weighted by molar-refractivity contribution is -0.958. The first-order valence-corrected chi connectivity index (χ1v) is 10.5. The number of unbranched alkanes of at least 4 members (excludes halogenated alkanes) is 2. The van der Waals surface area contributed by atoms with Gasteiger partial charge in [0.25, 0.3) is 0 Å². The number of ether oxygens (including phenoxy) is 1. The van der Waals surface area contributed by atoms with Crippen molar-refractivity contribution in [2.75, 3.05) is 25.0 Å². The Morgan fingerprint density at radius 1 is 1.12 bits per heavy atom. The summed E-state index contributed by atoms with van der Waals surface area (Å²) in [6.07, 6.45) is 6.31. The van der Waals surface area contributed by atoms with Gasteiger partial charge in [0.15, 0.2) is 6.10 Å². The van der Waals surface area contributed by atoms with Crippen LogP contribution in [-0.4, -0.2) is 41.5 Å². The van der Waals surface area contributed by atoms with E-state index in [0.29, 0.717) is 12.3 Å². The summed E-state index contributed by atoms with van der Waals surface area (Å²) in [6, 6.07) is 10.8. The monoisotopic (exact) mass is 394 g/mol. The molecule has 3 heterocycles. The highest BCUT2D eigenvalue weighted by Crippen LogP contribution is 2.37. The number of carbonyl (C=O) groups excluding carboxylic acids is 1. The zero-order valence-corrected chi connectivity index (χ0v) is 16.0. The Morgan fingerprint density at radius 3 is 2.58 bits per heavy atom. The van der Waals surface area contributed by atoms with Gasteiger partial charge in [0, 0.05) is 36.1 Å². The number of hydrogen-bond acceptors (Lipinski definition) is 2. The van der Waals surface area contributed by atoms with Crippen LogP contribution in [0.25, 0.3) is 0 Å². The van der Waals surface area contributed by atoms with Crippen LogP contribution in [0.3, 0.4) is 0 Å². The summed E-state index contributed by atoms with van der Waals surface area (Å²) in [4.78, 5) is 12.2. The van der Waals surface area contributed by atoms with Gasteiger partial charge in [-0.2, -0.15) is 0 Å². The van der Waals surface area contributed by atoms with Gasteiger partial charge in [-0.3, -0.25) is 4.79 Å². The summed E-state index contributed by atoms with van der Waals surface area (Å²) >= 11 is 3.43. The van der Waals surface area contributed by atoms with Crippen LogP contribution in [0, 0.1) is 5.92 Å². The Balaban J connectivity index is 1.53. The molecule has 0 amide bonds. The molecule has 3 fully saturated rings. The van der Waals surface area contributed by atoms with Crippen LogP contribution in [0.1, 0.15) is 44.1 Å². The maximum absolute atomic E-state index is 12.2. The van der Waals surface area contributed by atoms with E-state index < -0.39 is 0 Å². The number of esters is 1. The Morgan fingerprint density at radius 2 is 1.88 bits per heavy atom. The zero-order chi connectivity index (χ0) is 16.8. The molecule has 0 N–H and O–H groups in total. The first kappa shape index (κ1) is 17.9. The lowest BCUT2D eigenvalue weighted by Crippen LogP contribution is -2.63. The van der Waals surface area contributed by atoms with E-state index >= 15 is 0 Å². The molecule has 4 rings (SSSR count). The maximum Gasteiger partial charge on any atom is 0.306 e. The molecule has 3 aliphatic heterocycles. The largest absolute Gasteiger partial charge is 0.456 e. The fourth-order valence-electron chi connectivity index (χ4n) is 4.32. The number of halogens is 1. The van der Waals surface area contributed by atoms with Gasteiger partial charge in [-0.05, 0) is 12.8 Å². The van der Waals surface area contributed by atoms with Crippen LogP contribution in [0.4, 0.5) is 0 Å². The fraction of sp³-hybridized carbons (Fsp3) is 0.650. The van der Waals surface area contributed by atoms with Crippen molar-refractivity contribution in [3.8, 4) is 0 Å². The molecule has 0 spiro atoms. The molecule has 0 radical (unpaired) electrons. The van der Waals surface area contributed by atoms with E-state index in [2.05, 4.69) is 46.3 Å². The van der Waals surface area contributed by atoms with Crippen LogP contribution in [-0.2, 0) is 16.1 Å². The summed E-state index contributed by atoms with van der Waals surface area (Å²) in [5, 5.41) is 1.02. The highest BCUT2D eigenvalue weighted by Gasteiger charge is 2.47. The quantitative estimate of drug-likeness (QED) is 0.284. The molecule has 1 unspecified atom stereocenters. The van der Waals surface area contributed by atoms with Gasteiger partial charge in [-0.1, -0.05) is 52.7 Å². The SMILES string of the molecule is O=C(CCCCCBr)OC1C[N+]2(Cc3ccccc3)CCC1CC2. The highest BCUT2D eigenvalue weighted by atomic mass is 79.9. The molecule has 3 nitrogen and oxygen atoms in total. The number of fused-ring (bicyclic) bond motifs is 3. The van der Waals surface area contributed by atoms with E-state index in [-0.39, 0.29) is 12.1 Å². The highest BCUT2D eigenvalue weighted by molar-refractivity contribution is 9.09. The van der Waals surface area contributed by atoms with Gasteiger partial charge in [0.2, 0.25) is 0 Å². The summed E-state index contributed by atoms with van der Waals surface area (Å²) in [6.45, 7) is 4.55. The second-order valence-electron chi connectivity index (χ2n) is 7.48. The third-order valence-electron chi connectivity index (χ3n) is 5.70. The summed E-state index contributed by atoms with van der Waals surface area (Å²) in [5.74, 6) is 0.605. The molecule has 0 saturated carbocycles. The summed E-state index contributed by atoms with van der Waals surface area (Å²) < 4.78 is 7.00. The Labute approximate surface area is 154 Å². The van der Waals surface area contributed by atoms with E-state index in [1.165, 1.54) is 31.5 Å². The van der Waals surface area contributed by atoms with Crippen molar-refractivity contribution >= 4 is 21.9 Å². The molecular formula is C20H29BrNO2+. The molecule has 3 saturated heterocycles. The molecule has 1 atom stereocenters. The average Bonchev–Trinajstić information content (AvgIpc) is 2.60. The minimum absolute atomic E-state index is 0.0150. The molecule has 0 aromatic heterocycles. The van der Waals surface area contributed by atoms with E-state index in [9.17, 15) is 4.79 Å². The predicted octanol–water partition coefficient (Wildman–Crippen LogP) is 4.29. The van der Waals surface area contributed by atoms with Gasteiger partial charge in [-0.15, -0.1) is 0 Å².